The first kappa shape index (κ1) is 22.8. The fourth-order valence-corrected chi connectivity index (χ4v) is 3.90. The van der Waals surface area contributed by atoms with Crippen molar-refractivity contribution in [2.75, 3.05) is 12.9 Å². The number of aliphatic hydroxyl groups excluding tert-OH is 1. The van der Waals surface area contributed by atoms with Crippen molar-refractivity contribution in [3.8, 4) is 28.6 Å². The molecule has 0 saturated carbocycles. The largest absolute Gasteiger partial charge is 0.488 e. The lowest BCUT2D eigenvalue weighted by Gasteiger charge is -2.15. The number of nitrogens with one attached hydrogen (secondary N) is 2. The molecule has 0 unspecified atom stereocenters. The van der Waals surface area contributed by atoms with Gasteiger partial charge in [0.1, 0.15) is 17.6 Å². The fourth-order valence-electron chi connectivity index (χ4n) is 3.39. The third-order valence-electron chi connectivity index (χ3n) is 5.06. The molecule has 10 heteroatoms. The highest BCUT2D eigenvalue weighted by Crippen LogP contribution is 2.33. The maximum absolute atomic E-state index is 11.6. The molecule has 0 amide bonds. The molecular weight excluding hydrogens is 444 g/mol. The standard InChI is InChI=1S/C23H26N4O5S/c1-14-4-5-20(24-14)21-7-6-19(25-21)16-10-17(31-15(2)13-28)12-18(11-16)32-22-8-9-23(27-26-22)33(3,29)30/h5-12,14-15,24-25,28H,4,13H2,1-3H3/t14-,15-/m0/s1. The van der Waals surface area contributed by atoms with Crippen molar-refractivity contribution < 1.29 is 23.0 Å². The molecule has 4 rings (SSSR count). The number of aromatic nitrogens is 3. The molecule has 0 aliphatic carbocycles. The van der Waals surface area contributed by atoms with Crippen molar-refractivity contribution in [3.05, 3.63) is 54.2 Å². The Morgan fingerprint density at radius 2 is 1.88 bits per heavy atom. The first-order chi connectivity index (χ1) is 15.7. The van der Waals surface area contributed by atoms with Gasteiger partial charge >= 0.3 is 0 Å². The Balaban J connectivity index is 1.64. The normalized spacial score (nSPS) is 16.7. The minimum atomic E-state index is -3.45. The number of rotatable bonds is 8. The van der Waals surface area contributed by atoms with E-state index in [1.54, 1.807) is 13.0 Å². The maximum Gasteiger partial charge on any atom is 0.238 e. The van der Waals surface area contributed by atoms with Gasteiger partial charge in [-0.15, -0.1) is 10.2 Å². The van der Waals surface area contributed by atoms with Gasteiger partial charge in [0.05, 0.1) is 18.0 Å². The van der Waals surface area contributed by atoms with Crippen LogP contribution in [-0.2, 0) is 9.84 Å². The number of aromatic amines is 1. The van der Waals surface area contributed by atoms with Crippen LogP contribution in [0.2, 0.25) is 0 Å². The molecule has 9 nitrogen and oxygen atoms in total. The minimum absolute atomic E-state index is 0.132. The summed E-state index contributed by atoms with van der Waals surface area (Å²) >= 11 is 0. The second-order valence-electron chi connectivity index (χ2n) is 8.07. The van der Waals surface area contributed by atoms with Crippen LogP contribution in [-0.4, -0.2) is 53.7 Å². The quantitative estimate of drug-likeness (QED) is 0.458. The Kier molecular flexibility index (Phi) is 6.39. The molecule has 0 spiro atoms. The van der Waals surface area contributed by atoms with Crippen molar-refractivity contribution >= 4 is 15.5 Å². The van der Waals surface area contributed by atoms with E-state index in [0.717, 1.165) is 35.3 Å². The summed E-state index contributed by atoms with van der Waals surface area (Å²) < 4.78 is 34.8. The van der Waals surface area contributed by atoms with E-state index < -0.39 is 15.9 Å². The molecule has 0 saturated heterocycles. The van der Waals surface area contributed by atoms with Gasteiger partial charge in [0.2, 0.25) is 5.88 Å². The Hall–Kier alpha value is -3.37. The summed E-state index contributed by atoms with van der Waals surface area (Å²) in [5.41, 5.74) is 3.71. The molecule has 1 aliphatic rings. The van der Waals surface area contributed by atoms with Crippen LogP contribution in [0.1, 0.15) is 26.0 Å². The highest BCUT2D eigenvalue weighted by atomic mass is 32.2. The zero-order chi connectivity index (χ0) is 23.6. The van der Waals surface area contributed by atoms with Gasteiger partial charge in [-0.3, -0.25) is 0 Å². The van der Waals surface area contributed by atoms with Crippen molar-refractivity contribution in [3.63, 3.8) is 0 Å². The SMILES string of the molecule is C[C@H]1CC=C(c2ccc(-c3cc(Oc4ccc(S(C)(=O)=O)nn4)cc(O[C@@H](C)CO)c3)[nH]2)N1. The molecule has 174 valence electrons. The molecule has 2 aromatic heterocycles. The van der Waals surface area contributed by atoms with E-state index in [9.17, 15) is 13.5 Å². The van der Waals surface area contributed by atoms with Gasteiger partial charge in [0, 0.05) is 35.7 Å². The van der Waals surface area contributed by atoms with Gasteiger partial charge < -0.3 is 24.9 Å². The first-order valence-electron chi connectivity index (χ1n) is 10.5. The predicted octanol–water partition coefficient (Wildman–Crippen LogP) is 3.15. The summed E-state index contributed by atoms with van der Waals surface area (Å²) in [5.74, 6) is 1.08. The molecule has 3 aromatic rings. The zero-order valence-electron chi connectivity index (χ0n) is 18.6. The molecule has 3 heterocycles. The Labute approximate surface area is 192 Å². The fraction of sp³-hybridized carbons (Fsp3) is 0.304. The molecule has 2 atom stereocenters. The lowest BCUT2D eigenvalue weighted by Crippen LogP contribution is -2.17. The van der Waals surface area contributed by atoms with E-state index in [1.807, 2.05) is 24.3 Å². The number of H-pyrrole nitrogens is 1. The van der Waals surface area contributed by atoms with Crippen LogP contribution in [0.5, 0.6) is 17.4 Å². The minimum Gasteiger partial charge on any atom is -0.488 e. The third kappa shape index (κ3) is 5.52. The van der Waals surface area contributed by atoms with E-state index in [-0.39, 0.29) is 17.5 Å². The van der Waals surface area contributed by atoms with Gasteiger partial charge in [-0.25, -0.2) is 8.42 Å². The van der Waals surface area contributed by atoms with Crippen LogP contribution in [0.3, 0.4) is 0 Å². The van der Waals surface area contributed by atoms with Gasteiger partial charge in [-0.05, 0) is 50.6 Å². The monoisotopic (exact) mass is 470 g/mol. The van der Waals surface area contributed by atoms with Crippen LogP contribution in [0, 0.1) is 0 Å². The van der Waals surface area contributed by atoms with E-state index in [1.165, 1.54) is 12.1 Å². The number of nitrogens with zero attached hydrogens (tertiary/aromatic N) is 2. The van der Waals surface area contributed by atoms with Gasteiger partial charge in [0.25, 0.3) is 0 Å². The number of ether oxygens (including phenoxy) is 2. The lowest BCUT2D eigenvalue weighted by atomic mass is 10.1. The lowest BCUT2D eigenvalue weighted by molar-refractivity contribution is 0.129. The second kappa shape index (κ2) is 9.24. The zero-order valence-corrected chi connectivity index (χ0v) is 19.4. The van der Waals surface area contributed by atoms with E-state index in [0.29, 0.717) is 17.5 Å². The second-order valence-corrected chi connectivity index (χ2v) is 10.0. The molecule has 33 heavy (non-hydrogen) atoms. The molecule has 3 N–H and O–H groups in total. The summed E-state index contributed by atoms with van der Waals surface area (Å²) in [4.78, 5) is 3.42. The smallest absolute Gasteiger partial charge is 0.238 e. The molecule has 1 aliphatic heterocycles. The van der Waals surface area contributed by atoms with Gasteiger partial charge in [0.15, 0.2) is 14.9 Å². The summed E-state index contributed by atoms with van der Waals surface area (Å²) in [6, 6.07) is 12.5. The van der Waals surface area contributed by atoms with Gasteiger partial charge in [-0.2, -0.15) is 0 Å². The summed E-state index contributed by atoms with van der Waals surface area (Å²) in [7, 11) is -3.45. The number of aliphatic hydroxyl groups is 1. The van der Waals surface area contributed by atoms with Crippen molar-refractivity contribution in [1.82, 2.24) is 20.5 Å². The van der Waals surface area contributed by atoms with Gasteiger partial charge in [-0.1, -0.05) is 6.08 Å². The van der Waals surface area contributed by atoms with Crippen LogP contribution >= 0.6 is 0 Å². The van der Waals surface area contributed by atoms with Crippen molar-refractivity contribution in [2.45, 2.75) is 37.4 Å². The molecular formula is C23H26N4O5S. The van der Waals surface area contributed by atoms with Crippen LogP contribution in [0.15, 0.2) is 53.6 Å². The van der Waals surface area contributed by atoms with Crippen molar-refractivity contribution in [2.24, 2.45) is 0 Å². The average molecular weight is 471 g/mol. The van der Waals surface area contributed by atoms with E-state index in [2.05, 4.69) is 33.5 Å². The van der Waals surface area contributed by atoms with Crippen LogP contribution in [0.25, 0.3) is 17.0 Å². The average Bonchev–Trinajstić information content (AvgIpc) is 3.42. The van der Waals surface area contributed by atoms with Crippen molar-refractivity contribution in [1.29, 1.82) is 0 Å². The number of sulfone groups is 1. The Morgan fingerprint density at radius 1 is 1.12 bits per heavy atom. The topological polar surface area (TPSA) is 126 Å². The summed E-state index contributed by atoms with van der Waals surface area (Å²) in [5, 5.41) is 20.3. The highest BCUT2D eigenvalue weighted by molar-refractivity contribution is 7.90. The molecule has 0 bridgehead atoms. The highest BCUT2D eigenvalue weighted by Gasteiger charge is 2.16. The number of hydrogen-bond donors (Lipinski definition) is 3. The van der Waals surface area contributed by atoms with Crippen LogP contribution in [0.4, 0.5) is 0 Å². The third-order valence-corrected chi connectivity index (χ3v) is 6.03. The Morgan fingerprint density at radius 3 is 2.52 bits per heavy atom. The summed E-state index contributed by atoms with van der Waals surface area (Å²) in [6.07, 6.45) is 3.80. The number of hydrogen-bond acceptors (Lipinski definition) is 8. The van der Waals surface area contributed by atoms with E-state index >= 15 is 0 Å². The molecule has 0 fully saturated rings. The predicted molar refractivity (Wildman–Crippen MR) is 124 cm³/mol. The number of benzene rings is 1. The van der Waals surface area contributed by atoms with E-state index in [4.69, 9.17) is 9.47 Å². The van der Waals surface area contributed by atoms with Crippen LogP contribution < -0.4 is 14.8 Å². The molecule has 0 radical (unpaired) electrons. The summed E-state index contributed by atoms with van der Waals surface area (Å²) in [6.45, 7) is 3.75. The maximum atomic E-state index is 11.6. The molecule has 1 aromatic carbocycles. The Bertz CT molecular complexity index is 1270. The first-order valence-corrected chi connectivity index (χ1v) is 12.4.